The molecule has 0 saturated heterocycles. The molecule has 2 amide bonds. The Kier molecular flexibility index (Phi) is 9.33. The zero-order valence-corrected chi connectivity index (χ0v) is 18.1. The van der Waals surface area contributed by atoms with Crippen LogP contribution < -0.4 is 10.6 Å². The second-order valence-corrected chi connectivity index (χ2v) is 8.39. The van der Waals surface area contributed by atoms with Gasteiger partial charge in [-0.3, -0.25) is 13.8 Å². The van der Waals surface area contributed by atoms with Gasteiger partial charge in [-0.05, 0) is 36.2 Å². The normalized spacial score (nSPS) is 13.5. The monoisotopic (exact) mass is 448 g/mol. The van der Waals surface area contributed by atoms with Crippen molar-refractivity contribution in [3.63, 3.8) is 0 Å². The summed E-state index contributed by atoms with van der Waals surface area (Å²) in [6.07, 6.45) is 0.111. The van der Waals surface area contributed by atoms with Gasteiger partial charge in [-0.2, -0.15) is 0 Å². The number of ether oxygens (including phenoxy) is 1. The summed E-state index contributed by atoms with van der Waals surface area (Å²) in [5.74, 6) is -2.10. The van der Waals surface area contributed by atoms with Crippen molar-refractivity contribution in [1.82, 2.24) is 10.6 Å². The van der Waals surface area contributed by atoms with Gasteiger partial charge in [-0.25, -0.2) is 9.18 Å². The van der Waals surface area contributed by atoms with E-state index in [4.69, 9.17) is 4.74 Å². The molecule has 0 fully saturated rings. The van der Waals surface area contributed by atoms with Crippen LogP contribution in [0.4, 0.5) is 4.39 Å². The number of methoxy groups -OCH3 is 1. The van der Waals surface area contributed by atoms with Crippen LogP contribution in [0.1, 0.15) is 18.9 Å². The third-order valence-electron chi connectivity index (χ3n) is 4.42. The summed E-state index contributed by atoms with van der Waals surface area (Å²) in [5, 5.41) is 5.07. The Morgan fingerprint density at radius 3 is 2.35 bits per heavy atom. The van der Waals surface area contributed by atoms with Crippen molar-refractivity contribution in [2.24, 2.45) is 0 Å². The third-order valence-corrected chi connectivity index (χ3v) is 5.83. The fourth-order valence-electron chi connectivity index (χ4n) is 2.93. The van der Waals surface area contributed by atoms with E-state index >= 15 is 0 Å². The van der Waals surface area contributed by atoms with Crippen LogP contribution in [-0.2, 0) is 36.3 Å². The molecule has 0 bridgehead atoms. The van der Waals surface area contributed by atoms with Gasteiger partial charge in [0.1, 0.15) is 17.9 Å². The van der Waals surface area contributed by atoms with Crippen LogP contribution in [0.25, 0.3) is 0 Å². The van der Waals surface area contributed by atoms with Gasteiger partial charge >= 0.3 is 5.97 Å². The predicted molar refractivity (Wildman–Crippen MR) is 114 cm³/mol. The van der Waals surface area contributed by atoms with Gasteiger partial charge in [0.25, 0.3) is 0 Å². The number of halogens is 1. The topological polar surface area (TPSA) is 102 Å². The first kappa shape index (κ1) is 24.2. The lowest BCUT2D eigenvalue weighted by molar-refractivity contribution is -0.145. The quantitative estimate of drug-likeness (QED) is 0.539. The molecule has 0 heterocycles. The molecule has 2 N–H and O–H groups in total. The van der Waals surface area contributed by atoms with E-state index in [1.165, 1.54) is 32.2 Å². The van der Waals surface area contributed by atoms with Crippen LogP contribution in [0.2, 0.25) is 0 Å². The number of rotatable bonds is 10. The number of nitrogens with one attached hydrogen (secondary N) is 2. The van der Waals surface area contributed by atoms with E-state index in [0.717, 1.165) is 0 Å². The molecular formula is C22H25FN2O5S. The molecule has 2 rings (SSSR count). The fourth-order valence-corrected chi connectivity index (χ4v) is 4.08. The summed E-state index contributed by atoms with van der Waals surface area (Å²) in [4.78, 5) is 37.2. The SMILES string of the molecule is COC(=O)[C@H](CC[S@](=O)c1ccccc1)NC(=O)[C@H](Cc1cccc(F)c1)NC(C)=O. The van der Waals surface area contributed by atoms with Crippen LogP contribution in [0.3, 0.4) is 0 Å². The second kappa shape index (κ2) is 11.9. The van der Waals surface area contributed by atoms with Crippen molar-refractivity contribution >= 4 is 28.6 Å². The molecule has 7 nitrogen and oxygen atoms in total. The average Bonchev–Trinajstić information content (AvgIpc) is 2.75. The number of carbonyl (C=O) groups excluding carboxylic acids is 3. The summed E-state index contributed by atoms with van der Waals surface area (Å²) in [7, 11) is -0.174. The minimum atomic E-state index is -1.36. The van der Waals surface area contributed by atoms with Gasteiger partial charge in [0.15, 0.2) is 0 Å². The Morgan fingerprint density at radius 1 is 1.03 bits per heavy atom. The van der Waals surface area contributed by atoms with Gasteiger partial charge in [0.2, 0.25) is 11.8 Å². The molecule has 0 saturated carbocycles. The summed E-state index contributed by atoms with van der Waals surface area (Å²) >= 11 is 0. The van der Waals surface area contributed by atoms with Crippen molar-refractivity contribution in [1.29, 1.82) is 0 Å². The molecule has 3 atom stereocenters. The number of hydrogen-bond acceptors (Lipinski definition) is 5. The average molecular weight is 449 g/mol. The van der Waals surface area contributed by atoms with Crippen LogP contribution in [0.15, 0.2) is 59.5 Å². The molecule has 0 aliphatic heterocycles. The number of carbonyl (C=O) groups is 3. The Bertz CT molecular complexity index is 939. The van der Waals surface area contributed by atoms with E-state index in [0.29, 0.717) is 10.5 Å². The summed E-state index contributed by atoms with van der Waals surface area (Å²) < 4.78 is 30.7. The molecule has 0 spiro atoms. The zero-order valence-electron chi connectivity index (χ0n) is 17.3. The van der Waals surface area contributed by atoms with E-state index in [1.54, 1.807) is 36.4 Å². The minimum Gasteiger partial charge on any atom is -0.467 e. The Balaban J connectivity index is 2.08. The van der Waals surface area contributed by atoms with Crippen LogP contribution in [0.5, 0.6) is 0 Å². The molecule has 0 radical (unpaired) electrons. The standard InChI is InChI=1S/C22H25FN2O5S/c1-15(26)24-20(14-16-7-6-8-17(23)13-16)21(27)25-19(22(28)30-2)11-12-31(29)18-9-4-3-5-10-18/h3-10,13,19-20H,11-12,14H2,1-2H3,(H,24,26)(H,25,27)/t19-,20-,31-/m0/s1. The maximum atomic E-state index is 13.5. The smallest absolute Gasteiger partial charge is 0.328 e. The van der Waals surface area contributed by atoms with E-state index in [-0.39, 0.29) is 18.6 Å². The van der Waals surface area contributed by atoms with E-state index < -0.39 is 46.5 Å². The van der Waals surface area contributed by atoms with Gasteiger partial charge in [0, 0.05) is 24.0 Å². The van der Waals surface area contributed by atoms with Crippen LogP contribution in [0, 0.1) is 5.82 Å². The summed E-state index contributed by atoms with van der Waals surface area (Å²) in [6.45, 7) is 1.26. The van der Waals surface area contributed by atoms with Gasteiger partial charge < -0.3 is 15.4 Å². The second-order valence-electron chi connectivity index (χ2n) is 6.82. The summed E-state index contributed by atoms with van der Waals surface area (Å²) in [6, 6.07) is 12.4. The first-order valence-electron chi connectivity index (χ1n) is 9.63. The van der Waals surface area contributed by atoms with Crippen molar-refractivity contribution in [3.8, 4) is 0 Å². The van der Waals surface area contributed by atoms with Crippen molar-refractivity contribution in [2.75, 3.05) is 12.9 Å². The number of amides is 2. The van der Waals surface area contributed by atoms with Crippen molar-refractivity contribution in [3.05, 3.63) is 66.0 Å². The Morgan fingerprint density at radius 2 is 1.74 bits per heavy atom. The zero-order chi connectivity index (χ0) is 22.8. The fraction of sp³-hybridized carbons (Fsp3) is 0.318. The number of esters is 1. The van der Waals surface area contributed by atoms with Crippen molar-refractivity contribution < 1.29 is 27.7 Å². The number of hydrogen-bond donors (Lipinski definition) is 2. The van der Waals surface area contributed by atoms with Crippen LogP contribution in [-0.4, -0.2) is 46.9 Å². The van der Waals surface area contributed by atoms with Gasteiger partial charge in [-0.1, -0.05) is 30.3 Å². The van der Waals surface area contributed by atoms with Gasteiger partial charge in [0.05, 0.1) is 17.9 Å². The van der Waals surface area contributed by atoms with Crippen molar-refractivity contribution in [2.45, 2.75) is 36.7 Å². The van der Waals surface area contributed by atoms with E-state index in [1.807, 2.05) is 0 Å². The highest BCUT2D eigenvalue weighted by Crippen LogP contribution is 2.10. The first-order chi connectivity index (χ1) is 14.8. The molecule has 0 aliphatic rings. The maximum Gasteiger partial charge on any atom is 0.328 e. The maximum absolute atomic E-state index is 13.5. The highest BCUT2D eigenvalue weighted by molar-refractivity contribution is 7.85. The molecule has 2 aromatic carbocycles. The lowest BCUT2D eigenvalue weighted by Gasteiger charge is -2.22. The Labute approximate surface area is 182 Å². The van der Waals surface area contributed by atoms with E-state index in [9.17, 15) is 23.0 Å². The highest BCUT2D eigenvalue weighted by Gasteiger charge is 2.27. The first-order valence-corrected chi connectivity index (χ1v) is 10.9. The minimum absolute atomic E-state index is 0.0347. The van der Waals surface area contributed by atoms with Crippen LogP contribution >= 0.6 is 0 Å². The lowest BCUT2D eigenvalue weighted by Crippen LogP contribution is -2.52. The molecule has 166 valence electrons. The molecule has 2 aromatic rings. The lowest BCUT2D eigenvalue weighted by atomic mass is 10.0. The van der Waals surface area contributed by atoms with E-state index in [2.05, 4.69) is 10.6 Å². The third kappa shape index (κ3) is 7.93. The summed E-state index contributed by atoms with van der Waals surface area (Å²) in [5.41, 5.74) is 0.508. The molecule has 0 aliphatic carbocycles. The highest BCUT2D eigenvalue weighted by atomic mass is 32.2. The number of benzene rings is 2. The largest absolute Gasteiger partial charge is 0.467 e. The molecule has 31 heavy (non-hydrogen) atoms. The van der Waals surface area contributed by atoms with Gasteiger partial charge in [-0.15, -0.1) is 0 Å². The Hall–Kier alpha value is -3.07. The molecule has 9 heteroatoms. The molecular weight excluding hydrogens is 423 g/mol. The molecule has 0 unspecified atom stereocenters. The predicted octanol–water partition coefficient (Wildman–Crippen LogP) is 1.73. The molecule has 0 aromatic heterocycles.